The van der Waals surface area contributed by atoms with Crippen LogP contribution in [0.4, 0.5) is 0 Å². The Morgan fingerprint density at radius 1 is 0.457 bits per heavy atom. The van der Waals surface area contributed by atoms with Gasteiger partial charge < -0.3 is 89.9 Å². The van der Waals surface area contributed by atoms with E-state index in [-0.39, 0.29) is 18.9 Å². The molecule has 0 spiro atoms. The quantitative estimate of drug-likeness (QED) is 0.0261. The van der Waals surface area contributed by atoms with Crippen LogP contribution in [0.1, 0.15) is 168 Å². The van der Waals surface area contributed by atoms with E-state index in [2.05, 4.69) is 79.9 Å². The monoisotopic (exact) mass is 1150 g/mol. The van der Waals surface area contributed by atoms with Crippen molar-refractivity contribution in [1.29, 1.82) is 0 Å². The molecule has 81 heavy (non-hydrogen) atoms. The summed E-state index contributed by atoms with van der Waals surface area (Å²) in [6.07, 6.45) is 27.1. The molecular formula is C62H105NO18. The Balaban J connectivity index is 1.53. The zero-order valence-corrected chi connectivity index (χ0v) is 48.5. The van der Waals surface area contributed by atoms with Crippen LogP contribution >= 0.6 is 0 Å². The van der Waals surface area contributed by atoms with Crippen molar-refractivity contribution in [2.24, 2.45) is 0 Å². The first-order chi connectivity index (χ1) is 39.3. The molecule has 3 aliphatic rings. The van der Waals surface area contributed by atoms with Crippen molar-refractivity contribution in [3.63, 3.8) is 0 Å². The molecule has 0 radical (unpaired) electrons. The number of carbonyl (C=O) groups is 1. The number of hydrogen-bond acceptors (Lipinski definition) is 18. The van der Waals surface area contributed by atoms with E-state index in [4.69, 9.17) is 28.4 Å². The predicted octanol–water partition coefficient (Wildman–Crippen LogP) is 5.59. The topological polar surface area (TPSA) is 307 Å². The second kappa shape index (κ2) is 44.4. The number of nitrogens with one attached hydrogen (secondary N) is 1. The fraction of sp³-hybridized carbons (Fsp3) is 0.758. The minimum absolute atomic E-state index is 0.114. The van der Waals surface area contributed by atoms with Gasteiger partial charge in [0.1, 0.15) is 73.2 Å². The number of carbonyl (C=O) groups excluding carboxylic acids is 1. The molecule has 0 aromatic heterocycles. The van der Waals surface area contributed by atoms with Crippen molar-refractivity contribution in [3.05, 3.63) is 85.1 Å². The van der Waals surface area contributed by atoms with E-state index < -0.39 is 124 Å². The molecule has 19 nitrogen and oxygen atoms in total. The second-order valence-electron chi connectivity index (χ2n) is 21.4. The van der Waals surface area contributed by atoms with Crippen LogP contribution in [0.15, 0.2) is 85.1 Å². The normalized spacial score (nSPS) is 30.4. The van der Waals surface area contributed by atoms with Gasteiger partial charge in [-0.25, -0.2) is 0 Å². The van der Waals surface area contributed by atoms with Crippen molar-refractivity contribution >= 4 is 5.91 Å². The molecular weight excluding hydrogens is 1050 g/mol. The maximum atomic E-state index is 13.3. The number of ether oxygens (including phenoxy) is 6. The molecule has 17 unspecified atom stereocenters. The van der Waals surface area contributed by atoms with Gasteiger partial charge in [-0.2, -0.15) is 0 Å². The van der Waals surface area contributed by atoms with Gasteiger partial charge in [0.2, 0.25) is 5.91 Å². The minimum atomic E-state index is -1.99. The molecule has 0 bridgehead atoms. The van der Waals surface area contributed by atoms with E-state index in [0.29, 0.717) is 12.8 Å². The number of rotatable bonds is 43. The Morgan fingerprint density at radius 2 is 0.852 bits per heavy atom. The Bertz CT molecular complexity index is 1810. The van der Waals surface area contributed by atoms with Crippen LogP contribution in [0.3, 0.4) is 0 Å². The third-order valence-corrected chi connectivity index (χ3v) is 14.7. The van der Waals surface area contributed by atoms with Gasteiger partial charge >= 0.3 is 0 Å². The molecule has 0 aromatic rings. The predicted molar refractivity (Wildman–Crippen MR) is 309 cm³/mol. The summed E-state index contributed by atoms with van der Waals surface area (Å²) >= 11 is 0. The van der Waals surface area contributed by atoms with E-state index in [1.807, 2.05) is 18.2 Å². The van der Waals surface area contributed by atoms with Gasteiger partial charge in [0.25, 0.3) is 0 Å². The molecule has 3 saturated heterocycles. The first-order valence-corrected chi connectivity index (χ1v) is 30.3. The summed E-state index contributed by atoms with van der Waals surface area (Å²) < 4.78 is 34.2. The Kier molecular flexibility index (Phi) is 39.6. The SMILES string of the molecule is CC/C=C\C/C=C\C/C=C\C/C=C\C/C=C\C/C=C\CCC(=O)NC(COC1OC(CO)C(OC2OC(CO)C(OC3OC(CO)C(O)C(O)C3O)C(O)C2O)C(O)C1O)C(O)/C=C/CCCCCCCCCCCCCCCCC. The Morgan fingerprint density at radius 3 is 1.31 bits per heavy atom. The summed E-state index contributed by atoms with van der Waals surface area (Å²) in [4.78, 5) is 13.3. The molecule has 12 N–H and O–H groups in total. The highest BCUT2D eigenvalue weighted by molar-refractivity contribution is 5.76. The largest absolute Gasteiger partial charge is 0.394 e. The summed E-state index contributed by atoms with van der Waals surface area (Å²) in [5.41, 5.74) is 0. The van der Waals surface area contributed by atoms with Gasteiger partial charge in [-0.1, -0.05) is 189 Å². The van der Waals surface area contributed by atoms with Gasteiger partial charge in [0, 0.05) is 6.42 Å². The van der Waals surface area contributed by atoms with Gasteiger partial charge in [-0.15, -0.1) is 0 Å². The zero-order valence-electron chi connectivity index (χ0n) is 48.5. The Labute approximate surface area is 482 Å². The maximum absolute atomic E-state index is 13.3. The first kappa shape index (κ1) is 72.2. The zero-order chi connectivity index (χ0) is 59.0. The lowest BCUT2D eigenvalue weighted by Crippen LogP contribution is -2.66. The van der Waals surface area contributed by atoms with E-state index in [1.165, 1.54) is 77.0 Å². The number of unbranched alkanes of at least 4 members (excludes halogenated alkanes) is 15. The molecule has 1 amide bonds. The summed E-state index contributed by atoms with van der Waals surface area (Å²) in [5, 5.41) is 120. The lowest BCUT2D eigenvalue weighted by molar-refractivity contribution is -0.379. The van der Waals surface area contributed by atoms with E-state index in [9.17, 15) is 61.0 Å². The van der Waals surface area contributed by atoms with Crippen LogP contribution in [-0.4, -0.2) is 193 Å². The molecule has 3 rings (SSSR count). The van der Waals surface area contributed by atoms with E-state index >= 15 is 0 Å². The molecule has 3 fully saturated rings. The summed E-state index contributed by atoms with van der Waals surface area (Å²) in [5.74, 6) is -0.361. The van der Waals surface area contributed by atoms with E-state index in [0.717, 1.165) is 57.8 Å². The van der Waals surface area contributed by atoms with Crippen molar-refractivity contribution in [2.45, 2.75) is 272 Å². The molecule has 0 saturated carbocycles. The third kappa shape index (κ3) is 28.1. The summed E-state index contributed by atoms with van der Waals surface area (Å²) in [6.45, 7) is 1.54. The summed E-state index contributed by atoms with van der Waals surface area (Å²) in [7, 11) is 0. The standard InChI is InChI=1S/C62H105NO18/c1-3-5-7-9-11-13-15-17-19-21-22-24-26-28-30-32-34-36-38-40-50(68)63-45(46(67)39-37-35-33-31-29-27-25-23-20-18-16-14-12-10-8-6-4-2)44-76-60-56(74)53(71)58(48(42-65)78-60)81-62-57(75)54(72)59(49(43-66)79-62)80-61-55(73)52(70)51(69)47(41-64)77-61/h5,7,11,13,17,19,22,24,28,30,34,36-37,39,45-49,51-62,64-67,69-75H,3-4,6,8-10,12,14-16,18,20-21,23,25-27,29,31-33,35,38,40-44H2,1-2H3,(H,63,68)/b7-5-,13-11-,19-17-,24-22-,30-28-,36-34-,39-37+. The number of aliphatic hydroxyl groups is 11. The smallest absolute Gasteiger partial charge is 0.220 e. The van der Waals surface area contributed by atoms with Gasteiger partial charge in [0.05, 0.1) is 38.6 Å². The van der Waals surface area contributed by atoms with Crippen LogP contribution < -0.4 is 5.32 Å². The number of allylic oxidation sites excluding steroid dienone is 13. The summed E-state index contributed by atoms with van der Waals surface area (Å²) in [6, 6.07) is -1.02. The Hall–Kier alpha value is -3.03. The molecule has 3 aliphatic heterocycles. The molecule has 0 aromatic carbocycles. The van der Waals surface area contributed by atoms with Crippen LogP contribution in [-0.2, 0) is 33.2 Å². The van der Waals surface area contributed by atoms with Crippen molar-refractivity contribution in [3.8, 4) is 0 Å². The fourth-order valence-electron chi connectivity index (χ4n) is 9.74. The molecule has 19 heteroatoms. The maximum Gasteiger partial charge on any atom is 0.220 e. The van der Waals surface area contributed by atoms with Gasteiger partial charge in [-0.05, 0) is 57.8 Å². The minimum Gasteiger partial charge on any atom is -0.394 e. The van der Waals surface area contributed by atoms with Crippen LogP contribution in [0.25, 0.3) is 0 Å². The number of amides is 1. The van der Waals surface area contributed by atoms with Crippen LogP contribution in [0.5, 0.6) is 0 Å². The van der Waals surface area contributed by atoms with Crippen molar-refractivity contribution in [2.75, 3.05) is 26.4 Å². The highest BCUT2D eigenvalue weighted by atomic mass is 16.8. The first-order valence-electron chi connectivity index (χ1n) is 30.3. The number of aliphatic hydroxyl groups excluding tert-OH is 11. The molecule has 17 atom stereocenters. The molecule has 0 aliphatic carbocycles. The second-order valence-corrected chi connectivity index (χ2v) is 21.4. The lowest BCUT2D eigenvalue weighted by atomic mass is 9.96. The number of hydrogen-bond donors (Lipinski definition) is 12. The van der Waals surface area contributed by atoms with Gasteiger partial charge in [0.15, 0.2) is 18.9 Å². The molecule has 3 heterocycles. The lowest BCUT2D eigenvalue weighted by Gasteiger charge is -2.48. The fourth-order valence-corrected chi connectivity index (χ4v) is 9.74. The highest BCUT2D eigenvalue weighted by Gasteiger charge is 2.53. The van der Waals surface area contributed by atoms with Gasteiger partial charge in [-0.3, -0.25) is 4.79 Å². The van der Waals surface area contributed by atoms with Crippen LogP contribution in [0, 0.1) is 0 Å². The third-order valence-electron chi connectivity index (χ3n) is 14.7. The van der Waals surface area contributed by atoms with Crippen molar-refractivity contribution < 1.29 is 89.4 Å². The average Bonchev–Trinajstić information content (AvgIpc) is 3.51. The van der Waals surface area contributed by atoms with Crippen molar-refractivity contribution in [1.82, 2.24) is 5.32 Å². The average molecular weight is 1150 g/mol. The highest BCUT2D eigenvalue weighted by Crippen LogP contribution is 2.33. The molecule has 466 valence electrons. The van der Waals surface area contributed by atoms with E-state index in [1.54, 1.807) is 6.08 Å². The van der Waals surface area contributed by atoms with Crippen LogP contribution in [0.2, 0.25) is 0 Å².